The number of alkyl halides is 3. The summed E-state index contributed by atoms with van der Waals surface area (Å²) in [6, 6.07) is 11.0. The van der Waals surface area contributed by atoms with Crippen molar-refractivity contribution in [3.8, 4) is 11.1 Å². The van der Waals surface area contributed by atoms with Gasteiger partial charge in [-0.05, 0) is 62.6 Å². The largest absolute Gasteiger partial charge is 0.418 e. The van der Waals surface area contributed by atoms with Crippen molar-refractivity contribution >= 4 is 17.2 Å². The van der Waals surface area contributed by atoms with Crippen molar-refractivity contribution in [2.24, 2.45) is 0 Å². The van der Waals surface area contributed by atoms with E-state index in [4.69, 9.17) is 0 Å². The van der Waals surface area contributed by atoms with Gasteiger partial charge in [-0.1, -0.05) is 29.8 Å². The quantitative estimate of drug-likeness (QED) is 0.527. The zero-order chi connectivity index (χ0) is 23.0. The summed E-state index contributed by atoms with van der Waals surface area (Å²) in [5, 5.41) is 13.4. The van der Waals surface area contributed by atoms with Crippen LogP contribution < -0.4 is 5.32 Å². The third-order valence-electron chi connectivity index (χ3n) is 4.81. The van der Waals surface area contributed by atoms with Gasteiger partial charge in [0.1, 0.15) is 5.01 Å². The number of aromatic nitrogens is 1. The highest BCUT2D eigenvalue weighted by molar-refractivity contribution is 7.11. The molecule has 0 aliphatic heterocycles. The van der Waals surface area contributed by atoms with Crippen LogP contribution in [0.3, 0.4) is 0 Å². The molecule has 2 aromatic carbocycles. The van der Waals surface area contributed by atoms with Crippen LogP contribution in [0.5, 0.6) is 0 Å². The molecule has 0 aliphatic rings. The van der Waals surface area contributed by atoms with E-state index >= 15 is 0 Å². The molecule has 31 heavy (non-hydrogen) atoms. The summed E-state index contributed by atoms with van der Waals surface area (Å²) in [5.41, 5.74) is 0.864. The number of nitrogens with one attached hydrogen (secondary N) is 1. The molecule has 1 unspecified atom stereocenters. The molecule has 0 radical (unpaired) electrons. The van der Waals surface area contributed by atoms with Crippen LogP contribution in [0.4, 0.5) is 13.2 Å². The normalized spacial score (nSPS) is 13.2. The van der Waals surface area contributed by atoms with E-state index in [1.54, 1.807) is 32.2 Å². The van der Waals surface area contributed by atoms with Crippen LogP contribution in [0.15, 0.2) is 48.7 Å². The van der Waals surface area contributed by atoms with Gasteiger partial charge in [0, 0.05) is 16.6 Å². The number of hydrogen-bond acceptors (Lipinski definition) is 4. The Labute approximate surface area is 182 Å². The number of rotatable bonds is 5. The minimum absolute atomic E-state index is 0.0257. The Morgan fingerprint density at radius 2 is 1.71 bits per heavy atom. The van der Waals surface area contributed by atoms with Gasteiger partial charge in [0.2, 0.25) is 0 Å². The molecule has 8 heteroatoms. The topological polar surface area (TPSA) is 62.2 Å². The fourth-order valence-electron chi connectivity index (χ4n) is 3.10. The Kier molecular flexibility index (Phi) is 6.25. The first-order valence-corrected chi connectivity index (χ1v) is 10.4. The lowest BCUT2D eigenvalue weighted by Gasteiger charge is -2.24. The van der Waals surface area contributed by atoms with E-state index < -0.39 is 29.3 Å². The second-order valence-corrected chi connectivity index (χ2v) is 9.24. The second kappa shape index (κ2) is 8.43. The highest BCUT2D eigenvalue weighted by Crippen LogP contribution is 2.35. The molecule has 3 rings (SSSR count). The molecule has 3 aromatic rings. The van der Waals surface area contributed by atoms with Crippen molar-refractivity contribution < 1.29 is 23.1 Å². The second-order valence-electron chi connectivity index (χ2n) is 8.01. The SMILES string of the molecule is Cc1ccc(-c2cc(C(=O)NC(C)(C)c3ncc(C)s3)cc(C(O)C(F)(F)F)c2)cc1. The number of aliphatic hydroxyl groups is 1. The maximum atomic E-state index is 13.2. The van der Waals surface area contributed by atoms with Crippen molar-refractivity contribution in [2.45, 2.75) is 45.5 Å². The van der Waals surface area contributed by atoms with Crippen LogP contribution in [0.25, 0.3) is 11.1 Å². The summed E-state index contributed by atoms with van der Waals surface area (Å²) in [5.74, 6) is -0.553. The fourth-order valence-corrected chi connectivity index (χ4v) is 3.92. The maximum Gasteiger partial charge on any atom is 0.418 e. The predicted octanol–water partition coefficient (Wildman–Crippen LogP) is 5.69. The average molecular weight is 449 g/mol. The zero-order valence-corrected chi connectivity index (χ0v) is 18.4. The molecule has 1 heterocycles. The number of benzene rings is 2. The first-order valence-electron chi connectivity index (χ1n) is 9.59. The van der Waals surface area contributed by atoms with E-state index in [1.807, 2.05) is 26.0 Å². The molecule has 2 N–H and O–H groups in total. The summed E-state index contributed by atoms with van der Waals surface area (Å²) in [6.07, 6.45) is -5.85. The van der Waals surface area contributed by atoms with Crippen LogP contribution >= 0.6 is 11.3 Å². The lowest BCUT2D eigenvalue weighted by molar-refractivity contribution is -0.206. The van der Waals surface area contributed by atoms with Crippen LogP contribution in [-0.2, 0) is 5.54 Å². The Hall–Kier alpha value is -2.71. The van der Waals surface area contributed by atoms with E-state index in [0.717, 1.165) is 16.5 Å². The van der Waals surface area contributed by atoms with Gasteiger partial charge >= 0.3 is 6.18 Å². The van der Waals surface area contributed by atoms with E-state index in [1.165, 1.54) is 23.5 Å². The molecule has 1 amide bonds. The smallest absolute Gasteiger partial charge is 0.379 e. The number of carbonyl (C=O) groups excluding carboxylic acids is 1. The van der Waals surface area contributed by atoms with Gasteiger partial charge in [-0.15, -0.1) is 11.3 Å². The summed E-state index contributed by atoms with van der Waals surface area (Å²) >= 11 is 1.43. The Morgan fingerprint density at radius 3 is 2.26 bits per heavy atom. The number of aryl methyl sites for hydroxylation is 2. The van der Waals surface area contributed by atoms with Gasteiger partial charge in [-0.25, -0.2) is 4.98 Å². The van der Waals surface area contributed by atoms with Gasteiger partial charge in [0.25, 0.3) is 5.91 Å². The summed E-state index contributed by atoms with van der Waals surface area (Å²) in [4.78, 5) is 18.3. The summed E-state index contributed by atoms with van der Waals surface area (Å²) in [6.45, 7) is 7.35. The Morgan fingerprint density at radius 1 is 1.06 bits per heavy atom. The number of hydrogen-bond donors (Lipinski definition) is 2. The van der Waals surface area contributed by atoms with Gasteiger partial charge in [0.05, 0.1) is 5.54 Å². The van der Waals surface area contributed by atoms with Crippen molar-refractivity contribution in [1.29, 1.82) is 0 Å². The molecule has 164 valence electrons. The number of nitrogens with zero attached hydrogens (tertiary/aromatic N) is 1. The van der Waals surface area contributed by atoms with E-state index in [0.29, 0.717) is 16.1 Å². The highest BCUT2D eigenvalue weighted by Gasteiger charge is 2.40. The standard InChI is InChI=1S/C23H23F3N2O2S/c1-13-5-7-15(8-6-13)16-9-17(19(29)23(24,25)26)11-18(10-16)20(30)28-22(3,4)21-27-12-14(2)31-21/h5-12,19,29H,1-4H3,(H,28,30). The molecule has 1 atom stereocenters. The molecule has 0 aliphatic carbocycles. The monoisotopic (exact) mass is 448 g/mol. The lowest BCUT2D eigenvalue weighted by Crippen LogP contribution is -2.41. The van der Waals surface area contributed by atoms with Crippen LogP contribution in [0.1, 0.15) is 51.3 Å². The van der Waals surface area contributed by atoms with Crippen molar-refractivity contribution in [3.63, 3.8) is 0 Å². The molecule has 4 nitrogen and oxygen atoms in total. The lowest BCUT2D eigenvalue weighted by atomic mass is 9.95. The maximum absolute atomic E-state index is 13.2. The van der Waals surface area contributed by atoms with Gasteiger partial charge in [-0.2, -0.15) is 13.2 Å². The van der Waals surface area contributed by atoms with Crippen molar-refractivity contribution in [3.05, 3.63) is 75.2 Å². The Balaban J connectivity index is 2.02. The highest BCUT2D eigenvalue weighted by atomic mass is 32.1. The van der Waals surface area contributed by atoms with Crippen molar-refractivity contribution in [2.75, 3.05) is 0 Å². The minimum atomic E-state index is -4.85. The van der Waals surface area contributed by atoms with Crippen molar-refractivity contribution in [1.82, 2.24) is 10.3 Å². The minimum Gasteiger partial charge on any atom is -0.379 e. The number of carbonyl (C=O) groups is 1. The third-order valence-corrected chi connectivity index (χ3v) is 6.05. The molecule has 0 spiro atoms. The predicted molar refractivity (Wildman–Crippen MR) is 115 cm³/mol. The molecule has 0 saturated heterocycles. The van der Waals surface area contributed by atoms with Crippen LogP contribution in [0.2, 0.25) is 0 Å². The molecular formula is C23H23F3N2O2S. The summed E-state index contributed by atoms with van der Waals surface area (Å²) < 4.78 is 39.6. The van der Waals surface area contributed by atoms with E-state index in [2.05, 4.69) is 10.3 Å². The number of aliphatic hydroxyl groups excluding tert-OH is 1. The Bertz CT molecular complexity index is 1090. The molecule has 0 bridgehead atoms. The van der Waals surface area contributed by atoms with E-state index in [9.17, 15) is 23.1 Å². The first-order chi connectivity index (χ1) is 14.4. The van der Waals surface area contributed by atoms with Gasteiger partial charge < -0.3 is 10.4 Å². The van der Waals surface area contributed by atoms with E-state index in [-0.39, 0.29) is 5.56 Å². The number of amides is 1. The summed E-state index contributed by atoms with van der Waals surface area (Å²) in [7, 11) is 0. The van der Waals surface area contributed by atoms with Gasteiger partial charge in [-0.3, -0.25) is 4.79 Å². The zero-order valence-electron chi connectivity index (χ0n) is 17.5. The number of halogens is 3. The average Bonchev–Trinajstić information content (AvgIpc) is 3.14. The van der Waals surface area contributed by atoms with Gasteiger partial charge in [0.15, 0.2) is 6.10 Å². The molecule has 0 saturated carbocycles. The van der Waals surface area contributed by atoms with Crippen LogP contribution in [-0.4, -0.2) is 22.2 Å². The van der Waals surface area contributed by atoms with Crippen LogP contribution in [0, 0.1) is 13.8 Å². The molecule has 0 fully saturated rings. The fraction of sp³-hybridized carbons (Fsp3) is 0.304. The first kappa shape index (κ1) is 23.0. The number of thiazole rings is 1. The molecule has 1 aromatic heterocycles. The third kappa shape index (κ3) is 5.32. The molecular weight excluding hydrogens is 425 g/mol.